The fourth-order valence-electron chi connectivity index (χ4n) is 2.51. The SMILES string of the molecule is O=C(Cc1ccc(C(F)(F)F)cc1)Nc1ccnn1Cc1ccc(Cl)cc1. The molecule has 1 N–H and O–H groups in total. The van der Waals surface area contributed by atoms with Crippen molar-refractivity contribution in [3.05, 3.63) is 82.5 Å². The van der Waals surface area contributed by atoms with Gasteiger partial charge in [-0.3, -0.25) is 4.79 Å². The number of benzene rings is 2. The van der Waals surface area contributed by atoms with Crippen LogP contribution < -0.4 is 5.32 Å². The van der Waals surface area contributed by atoms with E-state index in [0.717, 1.165) is 17.7 Å². The van der Waals surface area contributed by atoms with E-state index in [1.165, 1.54) is 12.1 Å². The van der Waals surface area contributed by atoms with Gasteiger partial charge in [0.2, 0.25) is 5.91 Å². The van der Waals surface area contributed by atoms with Crippen LogP contribution in [-0.2, 0) is 23.9 Å². The lowest BCUT2D eigenvalue weighted by Crippen LogP contribution is -2.18. The van der Waals surface area contributed by atoms with Crippen molar-refractivity contribution in [3.63, 3.8) is 0 Å². The summed E-state index contributed by atoms with van der Waals surface area (Å²) < 4.78 is 39.4. The van der Waals surface area contributed by atoms with Gasteiger partial charge in [0, 0.05) is 11.1 Å². The number of carbonyl (C=O) groups excluding carboxylic acids is 1. The number of rotatable bonds is 5. The summed E-state index contributed by atoms with van der Waals surface area (Å²) in [5, 5.41) is 7.53. The van der Waals surface area contributed by atoms with Gasteiger partial charge >= 0.3 is 6.18 Å². The molecule has 0 saturated heterocycles. The third-order valence-electron chi connectivity index (χ3n) is 3.88. The van der Waals surface area contributed by atoms with Crippen LogP contribution >= 0.6 is 11.6 Å². The van der Waals surface area contributed by atoms with Gasteiger partial charge in [0.15, 0.2) is 0 Å². The van der Waals surface area contributed by atoms with E-state index in [4.69, 9.17) is 11.6 Å². The molecular formula is C19H15ClF3N3O. The first kappa shape index (κ1) is 19.0. The highest BCUT2D eigenvalue weighted by Crippen LogP contribution is 2.29. The van der Waals surface area contributed by atoms with Gasteiger partial charge in [0.25, 0.3) is 0 Å². The predicted molar refractivity (Wildman–Crippen MR) is 96.6 cm³/mol. The van der Waals surface area contributed by atoms with Crippen LogP contribution in [-0.4, -0.2) is 15.7 Å². The number of aromatic nitrogens is 2. The molecule has 0 atom stereocenters. The smallest absolute Gasteiger partial charge is 0.311 e. The molecule has 140 valence electrons. The number of nitrogens with zero attached hydrogens (tertiary/aromatic N) is 2. The molecule has 0 saturated carbocycles. The Kier molecular flexibility index (Phi) is 5.51. The van der Waals surface area contributed by atoms with E-state index in [0.29, 0.717) is 22.9 Å². The van der Waals surface area contributed by atoms with Crippen LogP contribution in [0.4, 0.5) is 19.0 Å². The maximum absolute atomic E-state index is 12.6. The molecule has 0 spiro atoms. The molecular weight excluding hydrogens is 379 g/mol. The van der Waals surface area contributed by atoms with Gasteiger partial charge in [0.05, 0.1) is 24.7 Å². The van der Waals surface area contributed by atoms with Crippen LogP contribution in [0.25, 0.3) is 0 Å². The van der Waals surface area contributed by atoms with E-state index >= 15 is 0 Å². The Hall–Kier alpha value is -2.80. The van der Waals surface area contributed by atoms with Crippen molar-refractivity contribution in [2.75, 3.05) is 5.32 Å². The lowest BCUT2D eigenvalue weighted by Gasteiger charge is -2.10. The van der Waals surface area contributed by atoms with E-state index in [1.807, 2.05) is 12.1 Å². The number of nitrogens with one attached hydrogen (secondary N) is 1. The molecule has 0 radical (unpaired) electrons. The van der Waals surface area contributed by atoms with Crippen molar-refractivity contribution in [1.82, 2.24) is 9.78 Å². The van der Waals surface area contributed by atoms with Gasteiger partial charge in [-0.25, -0.2) is 4.68 Å². The van der Waals surface area contributed by atoms with Crippen LogP contribution in [0.5, 0.6) is 0 Å². The zero-order chi connectivity index (χ0) is 19.4. The van der Waals surface area contributed by atoms with Crippen LogP contribution in [0.3, 0.4) is 0 Å². The molecule has 0 unspecified atom stereocenters. The predicted octanol–water partition coefficient (Wildman–Crippen LogP) is 4.78. The second-order valence-corrected chi connectivity index (χ2v) is 6.36. The molecule has 0 aliphatic rings. The minimum absolute atomic E-state index is 0.0374. The number of amides is 1. The van der Waals surface area contributed by atoms with Gasteiger partial charge in [0.1, 0.15) is 5.82 Å². The highest BCUT2D eigenvalue weighted by molar-refractivity contribution is 6.30. The molecule has 0 aliphatic heterocycles. The summed E-state index contributed by atoms with van der Waals surface area (Å²) in [4.78, 5) is 12.2. The number of hydrogen-bond donors (Lipinski definition) is 1. The van der Waals surface area contributed by atoms with Gasteiger partial charge in [-0.15, -0.1) is 0 Å². The average molecular weight is 394 g/mol. The number of anilines is 1. The van der Waals surface area contributed by atoms with Crippen LogP contribution in [0.1, 0.15) is 16.7 Å². The third kappa shape index (κ3) is 5.10. The average Bonchev–Trinajstić information content (AvgIpc) is 3.03. The Morgan fingerprint density at radius 3 is 2.26 bits per heavy atom. The Morgan fingerprint density at radius 1 is 1.00 bits per heavy atom. The molecule has 1 aromatic heterocycles. The van der Waals surface area contributed by atoms with Crippen LogP contribution in [0.2, 0.25) is 5.02 Å². The summed E-state index contributed by atoms with van der Waals surface area (Å²) in [6, 6.07) is 13.4. The van der Waals surface area contributed by atoms with E-state index < -0.39 is 11.7 Å². The molecule has 2 aromatic carbocycles. The van der Waals surface area contributed by atoms with Crippen molar-refractivity contribution in [2.24, 2.45) is 0 Å². The minimum atomic E-state index is -4.39. The molecule has 27 heavy (non-hydrogen) atoms. The Balaban J connectivity index is 1.63. The van der Waals surface area contributed by atoms with Crippen molar-refractivity contribution < 1.29 is 18.0 Å². The summed E-state index contributed by atoms with van der Waals surface area (Å²) in [6.45, 7) is 0.445. The van der Waals surface area contributed by atoms with Gasteiger partial charge < -0.3 is 5.32 Å². The lowest BCUT2D eigenvalue weighted by molar-refractivity contribution is -0.137. The number of halogens is 4. The lowest BCUT2D eigenvalue weighted by atomic mass is 10.1. The number of carbonyl (C=O) groups is 1. The molecule has 3 aromatic rings. The van der Waals surface area contributed by atoms with Gasteiger partial charge in [-0.1, -0.05) is 35.9 Å². The molecule has 3 rings (SSSR count). The van der Waals surface area contributed by atoms with Crippen molar-refractivity contribution in [2.45, 2.75) is 19.1 Å². The van der Waals surface area contributed by atoms with Crippen molar-refractivity contribution in [3.8, 4) is 0 Å². The Morgan fingerprint density at radius 2 is 1.63 bits per heavy atom. The van der Waals surface area contributed by atoms with Gasteiger partial charge in [-0.2, -0.15) is 18.3 Å². The standard InChI is InChI=1S/C19H15ClF3N3O/c20-16-7-3-14(4-8-16)12-26-17(9-10-24-26)25-18(27)11-13-1-5-15(6-2-13)19(21,22)23/h1-10H,11-12H2,(H,25,27). The second-order valence-electron chi connectivity index (χ2n) is 5.92. The highest BCUT2D eigenvalue weighted by atomic mass is 35.5. The molecule has 1 heterocycles. The summed E-state index contributed by atoms with van der Waals surface area (Å²) in [7, 11) is 0. The fraction of sp³-hybridized carbons (Fsp3) is 0.158. The Bertz CT molecular complexity index is 919. The van der Waals surface area contributed by atoms with Crippen molar-refractivity contribution in [1.29, 1.82) is 0 Å². The first-order valence-electron chi connectivity index (χ1n) is 8.03. The summed E-state index contributed by atoms with van der Waals surface area (Å²) in [5.74, 6) is 0.162. The Labute approximate surface area is 158 Å². The first-order chi connectivity index (χ1) is 12.8. The maximum atomic E-state index is 12.6. The number of alkyl halides is 3. The van der Waals surface area contributed by atoms with Gasteiger partial charge in [-0.05, 0) is 35.4 Å². The van der Waals surface area contributed by atoms with Crippen LogP contribution in [0, 0.1) is 0 Å². The van der Waals surface area contributed by atoms with E-state index in [1.54, 1.807) is 29.1 Å². The van der Waals surface area contributed by atoms with E-state index in [-0.39, 0.29) is 12.3 Å². The maximum Gasteiger partial charge on any atom is 0.416 e. The summed E-state index contributed by atoms with van der Waals surface area (Å²) in [5.41, 5.74) is 0.707. The fourth-order valence-corrected chi connectivity index (χ4v) is 2.64. The monoisotopic (exact) mass is 393 g/mol. The zero-order valence-corrected chi connectivity index (χ0v) is 14.8. The first-order valence-corrected chi connectivity index (χ1v) is 8.41. The van der Waals surface area contributed by atoms with Crippen LogP contribution in [0.15, 0.2) is 60.8 Å². The quantitative estimate of drug-likeness (QED) is 0.677. The third-order valence-corrected chi connectivity index (χ3v) is 4.13. The normalized spacial score (nSPS) is 11.4. The summed E-state index contributed by atoms with van der Waals surface area (Å²) >= 11 is 5.86. The zero-order valence-electron chi connectivity index (χ0n) is 14.0. The van der Waals surface area contributed by atoms with Crippen molar-refractivity contribution >= 4 is 23.3 Å². The second kappa shape index (κ2) is 7.84. The molecule has 1 amide bonds. The summed E-state index contributed by atoms with van der Waals surface area (Å²) in [6.07, 6.45) is -2.87. The molecule has 8 heteroatoms. The highest BCUT2D eigenvalue weighted by Gasteiger charge is 2.29. The van der Waals surface area contributed by atoms with E-state index in [9.17, 15) is 18.0 Å². The van der Waals surface area contributed by atoms with E-state index in [2.05, 4.69) is 10.4 Å². The molecule has 0 aliphatic carbocycles. The largest absolute Gasteiger partial charge is 0.416 e. The molecule has 0 bridgehead atoms. The minimum Gasteiger partial charge on any atom is -0.311 e. The topological polar surface area (TPSA) is 46.9 Å². The molecule has 0 fully saturated rings. The molecule has 4 nitrogen and oxygen atoms in total. The number of hydrogen-bond acceptors (Lipinski definition) is 2.